The molecule has 0 aliphatic rings. The molecule has 0 aliphatic carbocycles. The first-order chi connectivity index (χ1) is 13.4. The van der Waals surface area contributed by atoms with Crippen LogP contribution in [0.4, 0.5) is 5.69 Å². The molecule has 7 heteroatoms. The number of aliphatic imine (C=N–C) groups is 1. The number of methoxy groups -OCH3 is 1. The Labute approximate surface area is 168 Å². The molecule has 0 fully saturated rings. The Bertz CT molecular complexity index is 766. The molecule has 0 radical (unpaired) electrons. The molecule has 0 spiro atoms. The van der Waals surface area contributed by atoms with Gasteiger partial charge in [0.05, 0.1) is 12.3 Å². The number of nitrogens with zero attached hydrogens (tertiary/aromatic N) is 3. The summed E-state index contributed by atoms with van der Waals surface area (Å²) >= 11 is 0. The number of anilines is 1. The number of aryl methyl sites for hydroxylation is 2. The molecule has 7 nitrogen and oxygen atoms in total. The number of guanidine groups is 1. The molecule has 1 atom stereocenters. The summed E-state index contributed by atoms with van der Waals surface area (Å²) in [5.41, 5.74) is 5.91. The number of hydrogen-bond acceptors (Lipinski definition) is 4. The van der Waals surface area contributed by atoms with E-state index >= 15 is 0 Å². The molecule has 0 saturated carbocycles. The van der Waals surface area contributed by atoms with Crippen molar-refractivity contribution >= 4 is 11.6 Å². The molecule has 2 aromatic rings. The Morgan fingerprint density at radius 2 is 1.96 bits per heavy atom. The van der Waals surface area contributed by atoms with Crippen molar-refractivity contribution in [3.63, 3.8) is 0 Å². The second-order valence-corrected chi connectivity index (χ2v) is 7.06. The van der Waals surface area contributed by atoms with Crippen molar-refractivity contribution in [1.29, 1.82) is 0 Å². The summed E-state index contributed by atoms with van der Waals surface area (Å²) in [6.45, 7) is 8.56. The number of ether oxygens (including phenoxy) is 1. The molecule has 3 N–H and O–H groups in total. The molecule has 1 heterocycles. The maximum Gasteiger partial charge on any atom is 0.191 e. The molecular weight excluding hydrogens is 352 g/mol. The third-order valence-electron chi connectivity index (χ3n) is 4.83. The highest BCUT2D eigenvalue weighted by Gasteiger charge is 2.14. The van der Waals surface area contributed by atoms with Crippen LogP contribution in [0.15, 0.2) is 29.3 Å². The van der Waals surface area contributed by atoms with Crippen LogP contribution in [-0.2, 0) is 24.8 Å². The lowest BCUT2D eigenvalue weighted by atomic mass is 10.1. The Hall–Kier alpha value is -2.54. The summed E-state index contributed by atoms with van der Waals surface area (Å²) < 4.78 is 6.99. The summed E-state index contributed by atoms with van der Waals surface area (Å²) in [6, 6.07) is 8.64. The first kappa shape index (κ1) is 21.8. The average molecular weight is 387 g/mol. The van der Waals surface area contributed by atoms with Gasteiger partial charge in [0.25, 0.3) is 0 Å². The number of nitrogens with one attached hydrogen (secondary N) is 3. The van der Waals surface area contributed by atoms with E-state index in [1.54, 1.807) is 14.2 Å². The highest BCUT2D eigenvalue weighted by atomic mass is 16.5. The van der Waals surface area contributed by atoms with Gasteiger partial charge in [-0.1, -0.05) is 12.1 Å². The molecule has 2 rings (SSSR count). The van der Waals surface area contributed by atoms with Gasteiger partial charge in [-0.2, -0.15) is 5.10 Å². The van der Waals surface area contributed by atoms with Crippen LogP contribution in [0.3, 0.4) is 0 Å². The molecule has 0 bridgehead atoms. The number of aromatic nitrogens is 2. The predicted octanol–water partition coefficient (Wildman–Crippen LogP) is 2.39. The number of rotatable bonds is 9. The van der Waals surface area contributed by atoms with Crippen molar-refractivity contribution in [2.24, 2.45) is 12.0 Å². The predicted molar refractivity (Wildman–Crippen MR) is 116 cm³/mol. The van der Waals surface area contributed by atoms with Crippen molar-refractivity contribution in [1.82, 2.24) is 20.4 Å². The summed E-state index contributed by atoms with van der Waals surface area (Å²) in [5, 5.41) is 14.7. The fourth-order valence-electron chi connectivity index (χ4n) is 3.12. The Kier molecular flexibility index (Phi) is 8.32. The molecule has 1 aromatic heterocycles. The van der Waals surface area contributed by atoms with Gasteiger partial charge in [0.1, 0.15) is 0 Å². The Morgan fingerprint density at radius 3 is 2.54 bits per heavy atom. The van der Waals surface area contributed by atoms with E-state index in [-0.39, 0.29) is 6.04 Å². The SMILES string of the molecule is CN=C(NCc1ccc(NCCOC)cc1)NC(C)Cc1c(C)nn(C)c1C. The Balaban J connectivity index is 1.83. The van der Waals surface area contributed by atoms with Gasteiger partial charge < -0.3 is 20.7 Å². The first-order valence-electron chi connectivity index (χ1n) is 9.72. The summed E-state index contributed by atoms with van der Waals surface area (Å²) in [7, 11) is 5.49. The van der Waals surface area contributed by atoms with Gasteiger partial charge >= 0.3 is 0 Å². The molecule has 1 unspecified atom stereocenters. The summed E-state index contributed by atoms with van der Waals surface area (Å²) in [6.07, 6.45) is 0.911. The minimum absolute atomic E-state index is 0.250. The fourth-order valence-corrected chi connectivity index (χ4v) is 3.12. The van der Waals surface area contributed by atoms with Gasteiger partial charge in [-0.3, -0.25) is 9.67 Å². The van der Waals surface area contributed by atoms with Crippen molar-refractivity contribution in [3.05, 3.63) is 46.8 Å². The van der Waals surface area contributed by atoms with E-state index in [2.05, 4.69) is 71.1 Å². The number of benzene rings is 1. The van der Waals surface area contributed by atoms with Gasteiger partial charge in [0.2, 0.25) is 0 Å². The van der Waals surface area contributed by atoms with Gasteiger partial charge in [0, 0.05) is 51.7 Å². The second kappa shape index (κ2) is 10.7. The maximum atomic E-state index is 5.05. The van der Waals surface area contributed by atoms with E-state index in [9.17, 15) is 0 Å². The summed E-state index contributed by atoms with van der Waals surface area (Å²) in [5.74, 6) is 0.800. The standard InChI is InChI=1S/C21H34N6O/c1-15(13-20-16(2)26-27(5)17(20)3)25-21(22-4)24-14-18-7-9-19(10-8-18)23-11-12-28-6/h7-10,15,23H,11-14H2,1-6H3,(H2,22,24,25). The largest absolute Gasteiger partial charge is 0.383 e. The third kappa shape index (κ3) is 6.27. The van der Waals surface area contributed by atoms with Crippen LogP contribution in [0.2, 0.25) is 0 Å². The normalized spacial score (nSPS) is 12.7. The minimum Gasteiger partial charge on any atom is -0.383 e. The summed E-state index contributed by atoms with van der Waals surface area (Å²) in [4.78, 5) is 4.35. The van der Waals surface area contributed by atoms with E-state index < -0.39 is 0 Å². The molecule has 28 heavy (non-hydrogen) atoms. The molecule has 0 amide bonds. The lowest BCUT2D eigenvalue weighted by Crippen LogP contribution is -2.42. The van der Waals surface area contributed by atoms with Crippen LogP contribution in [0.25, 0.3) is 0 Å². The maximum absolute atomic E-state index is 5.05. The van der Waals surface area contributed by atoms with E-state index in [1.165, 1.54) is 16.8 Å². The quantitative estimate of drug-likeness (QED) is 0.351. The van der Waals surface area contributed by atoms with Gasteiger partial charge in [0.15, 0.2) is 5.96 Å². The van der Waals surface area contributed by atoms with Crippen molar-refractivity contribution < 1.29 is 4.74 Å². The molecular formula is C21H34N6O. The monoisotopic (exact) mass is 386 g/mol. The van der Waals surface area contributed by atoms with Crippen LogP contribution >= 0.6 is 0 Å². The fraction of sp³-hybridized carbons (Fsp3) is 0.524. The molecule has 1 aromatic carbocycles. The smallest absolute Gasteiger partial charge is 0.191 e. The van der Waals surface area contributed by atoms with E-state index in [4.69, 9.17) is 4.74 Å². The number of hydrogen-bond donors (Lipinski definition) is 3. The van der Waals surface area contributed by atoms with Crippen LogP contribution < -0.4 is 16.0 Å². The van der Waals surface area contributed by atoms with Gasteiger partial charge in [-0.15, -0.1) is 0 Å². The van der Waals surface area contributed by atoms with Crippen molar-refractivity contribution in [3.8, 4) is 0 Å². The van der Waals surface area contributed by atoms with E-state index in [0.29, 0.717) is 6.61 Å². The zero-order chi connectivity index (χ0) is 20.5. The van der Waals surface area contributed by atoms with E-state index in [1.807, 2.05) is 11.7 Å². The third-order valence-corrected chi connectivity index (χ3v) is 4.83. The lowest BCUT2D eigenvalue weighted by molar-refractivity contribution is 0.211. The van der Waals surface area contributed by atoms with Gasteiger partial charge in [-0.25, -0.2) is 0 Å². The van der Waals surface area contributed by atoms with E-state index in [0.717, 1.165) is 36.9 Å². The van der Waals surface area contributed by atoms with Crippen LogP contribution in [0.5, 0.6) is 0 Å². The second-order valence-electron chi connectivity index (χ2n) is 7.06. The average Bonchev–Trinajstić information content (AvgIpc) is 2.92. The Morgan fingerprint density at radius 1 is 1.25 bits per heavy atom. The highest BCUT2D eigenvalue weighted by molar-refractivity contribution is 5.80. The zero-order valence-electron chi connectivity index (χ0n) is 18.0. The van der Waals surface area contributed by atoms with Crippen LogP contribution in [0, 0.1) is 13.8 Å². The van der Waals surface area contributed by atoms with Crippen LogP contribution in [0.1, 0.15) is 29.4 Å². The first-order valence-corrected chi connectivity index (χ1v) is 9.72. The van der Waals surface area contributed by atoms with Crippen molar-refractivity contribution in [2.45, 2.75) is 39.8 Å². The molecule has 0 aliphatic heterocycles. The lowest BCUT2D eigenvalue weighted by Gasteiger charge is -2.18. The van der Waals surface area contributed by atoms with Crippen molar-refractivity contribution in [2.75, 3.05) is 32.6 Å². The van der Waals surface area contributed by atoms with Gasteiger partial charge in [-0.05, 0) is 50.5 Å². The molecule has 0 saturated heterocycles. The highest BCUT2D eigenvalue weighted by Crippen LogP contribution is 2.14. The van der Waals surface area contributed by atoms with Crippen LogP contribution in [-0.4, -0.2) is 49.1 Å². The molecule has 154 valence electrons. The zero-order valence-corrected chi connectivity index (χ0v) is 18.0. The topological polar surface area (TPSA) is 75.5 Å². The minimum atomic E-state index is 0.250.